The maximum Gasteiger partial charge on any atom is 0.123 e. The van der Waals surface area contributed by atoms with E-state index in [0.717, 1.165) is 18.8 Å². The Hall–Kier alpha value is -1.02. The van der Waals surface area contributed by atoms with Crippen LogP contribution in [0.3, 0.4) is 0 Å². The lowest BCUT2D eigenvalue weighted by atomic mass is 9.86. The van der Waals surface area contributed by atoms with Gasteiger partial charge in [0.1, 0.15) is 5.75 Å². The van der Waals surface area contributed by atoms with Crippen LogP contribution in [0, 0.1) is 0 Å². The Morgan fingerprint density at radius 2 is 2.21 bits per heavy atom. The first-order valence-electron chi connectivity index (χ1n) is 5.00. The summed E-state index contributed by atoms with van der Waals surface area (Å²) in [5.41, 5.74) is 2.56. The summed E-state index contributed by atoms with van der Waals surface area (Å²) in [6, 6.07) is 6.18. The first-order chi connectivity index (χ1) is 6.63. The third-order valence-electron chi connectivity index (χ3n) is 2.76. The molecule has 0 atom stereocenters. The van der Waals surface area contributed by atoms with Crippen molar-refractivity contribution < 1.29 is 9.84 Å². The van der Waals surface area contributed by atoms with Crippen LogP contribution in [0.5, 0.6) is 5.75 Å². The quantitative estimate of drug-likeness (QED) is 0.775. The minimum atomic E-state index is 0.112. The molecule has 0 amide bonds. The highest BCUT2D eigenvalue weighted by Gasteiger charge is 2.31. The minimum absolute atomic E-state index is 0.112. The molecule has 2 nitrogen and oxygen atoms in total. The van der Waals surface area contributed by atoms with E-state index in [2.05, 4.69) is 19.9 Å². The van der Waals surface area contributed by atoms with Gasteiger partial charge in [0.2, 0.25) is 0 Å². The lowest BCUT2D eigenvalue weighted by Gasteiger charge is -2.15. The lowest BCUT2D eigenvalue weighted by Crippen LogP contribution is -2.18. The predicted molar refractivity (Wildman–Crippen MR) is 55.8 cm³/mol. The summed E-state index contributed by atoms with van der Waals surface area (Å²) in [4.78, 5) is 0. The lowest BCUT2D eigenvalue weighted by molar-refractivity contribution is 0.291. The third kappa shape index (κ3) is 1.50. The van der Waals surface area contributed by atoms with Crippen molar-refractivity contribution in [1.82, 2.24) is 0 Å². The van der Waals surface area contributed by atoms with Gasteiger partial charge in [0.05, 0.1) is 6.61 Å². The first-order valence-corrected chi connectivity index (χ1v) is 5.00. The Bertz CT molecular complexity index is 342. The van der Waals surface area contributed by atoms with Gasteiger partial charge in [-0.2, -0.15) is 0 Å². The Balaban J connectivity index is 2.38. The summed E-state index contributed by atoms with van der Waals surface area (Å²) in [6.07, 6.45) is 0.726. The molecular weight excluding hydrogens is 176 g/mol. The van der Waals surface area contributed by atoms with Crippen molar-refractivity contribution in [2.45, 2.75) is 25.7 Å². The molecule has 1 aliphatic rings. The molecule has 0 unspecified atom stereocenters. The van der Waals surface area contributed by atoms with Crippen LogP contribution in [0.1, 0.15) is 25.0 Å². The molecular formula is C12H16O2. The van der Waals surface area contributed by atoms with Crippen molar-refractivity contribution in [1.29, 1.82) is 0 Å². The van der Waals surface area contributed by atoms with Crippen LogP contribution in [-0.2, 0) is 11.8 Å². The van der Waals surface area contributed by atoms with Gasteiger partial charge in [-0.1, -0.05) is 26.0 Å². The van der Waals surface area contributed by atoms with Crippen molar-refractivity contribution >= 4 is 0 Å². The van der Waals surface area contributed by atoms with Crippen LogP contribution in [0.25, 0.3) is 0 Å². The smallest absolute Gasteiger partial charge is 0.123 e. The van der Waals surface area contributed by atoms with Crippen LogP contribution in [0.15, 0.2) is 18.2 Å². The third-order valence-corrected chi connectivity index (χ3v) is 2.76. The van der Waals surface area contributed by atoms with Gasteiger partial charge in [-0.25, -0.2) is 0 Å². The molecule has 0 saturated carbocycles. The SMILES string of the molecule is CC1(C)COc2ccc(CCO)cc21. The van der Waals surface area contributed by atoms with Crippen LogP contribution in [0.2, 0.25) is 0 Å². The Morgan fingerprint density at radius 3 is 2.93 bits per heavy atom. The molecule has 2 rings (SSSR count). The van der Waals surface area contributed by atoms with E-state index < -0.39 is 0 Å². The summed E-state index contributed by atoms with van der Waals surface area (Å²) in [5.74, 6) is 0.997. The monoisotopic (exact) mass is 192 g/mol. The number of hydrogen-bond donors (Lipinski definition) is 1. The fourth-order valence-corrected chi connectivity index (χ4v) is 1.85. The molecule has 0 aromatic heterocycles. The zero-order valence-electron chi connectivity index (χ0n) is 8.71. The van der Waals surface area contributed by atoms with Gasteiger partial charge in [0.25, 0.3) is 0 Å². The van der Waals surface area contributed by atoms with Crippen molar-refractivity contribution in [2.75, 3.05) is 13.2 Å². The summed E-state index contributed by atoms with van der Waals surface area (Å²) < 4.78 is 5.58. The molecule has 0 saturated heterocycles. The van der Waals surface area contributed by atoms with E-state index in [-0.39, 0.29) is 12.0 Å². The molecule has 2 heteroatoms. The van der Waals surface area contributed by atoms with E-state index in [1.54, 1.807) is 0 Å². The van der Waals surface area contributed by atoms with Gasteiger partial charge in [-0.3, -0.25) is 0 Å². The molecule has 1 heterocycles. The van der Waals surface area contributed by atoms with E-state index >= 15 is 0 Å². The molecule has 0 radical (unpaired) electrons. The fourth-order valence-electron chi connectivity index (χ4n) is 1.85. The average Bonchev–Trinajstić information content (AvgIpc) is 2.44. The fraction of sp³-hybridized carbons (Fsp3) is 0.500. The molecule has 0 fully saturated rings. The van der Waals surface area contributed by atoms with Gasteiger partial charge in [-0.05, 0) is 18.1 Å². The number of hydrogen-bond acceptors (Lipinski definition) is 2. The van der Waals surface area contributed by atoms with E-state index in [4.69, 9.17) is 9.84 Å². The maximum atomic E-state index is 8.87. The van der Waals surface area contributed by atoms with Crippen molar-refractivity contribution in [3.63, 3.8) is 0 Å². The zero-order chi connectivity index (χ0) is 10.2. The topological polar surface area (TPSA) is 29.5 Å². The van der Waals surface area contributed by atoms with Gasteiger partial charge in [0, 0.05) is 17.6 Å². The van der Waals surface area contributed by atoms with Crippen molar-refractivity contribution in [2.24, 2.45) is 0 Å². The number of rotatable bonds is 2. The molecule has 1 aliphatic heterocycles. The highest BCUT2D eigenvalue weighted by atomic mass is 16.5. The summed E-state index contributed by atoms with van der Waals surface area (Å²) in [6.45, 7) is 5.33. The number of aliphatic hydroxyl groups excluding tert-OH is 1. The van der Waals surface area contributed by atoms with Crippen molar-refractivity contribution in [3.05, 3.63) is 29.3 Å². The number of ether oxygens (including phenoxy) is 1. The van der Waals surface area contributed by atoms with Crippen LogP contribution in [-0.4, -0.2) is 18.3 Å². The number of aliphatic hydroxyl groups is 1. The largest absolute Gasteiger partial charge is 0.492 e. The van der Waals surface area contributed by atoms with Crippen LogP contribution < -0.4 is 4.74 Å². The van der Waals surface area contributed by atoms with Gasteiger partial charge in [-0.15, -0.1) is 0 Å². The highest BCUT2D eigenvalue weighted by molar-refractivity contribution is 5.45. The van der Waals surface area contributed by atoms with Gasteiger partial charge < -0.3 is 9.84 Å². The number of benzene rings is 1. The van der Waals surface area contributed by atoms with E-state index in [9.17, 15) is 0 Å². The van der Waals surface area contributed by atoms with Gasteiger partial charge in [0.15, 0.2) is 0 Å². The van der Waals surface area contributed by atoms with Gasteiger partial charge >= 0.3 is 0 Å². The molecule has 0 bridgehead atoms. The van der Waals surface area contributed by atoms with Crippen LogP contribution >= 0.6 is 0 Å². The Labute approximate surface area is 84.5 Å². The second-order valence-corrected chi connectivity index (χ2v) is 4.48. The summed E-state index contributed by atoms with van der Waals surface area (Å²) >= 11 is 0. The molecule has 1 N–H and O–H groups in total. The second kappa shape index (κ2) is 3.28. The van der Waals surface area contributed by atoms with E-state index in [1.165, 1.54) is 11.1 Å². The predicted octanol–water partition coefficient (Wildman–Crippen LogP) is 1.89. The molecule has 0 aliphatic carbocycles. The second-order valence-electron chi connectivity index (χ2n) is 4.48. The molecule has 76 valence electrons. The summed E-state index contributed by atoms with van der Waals surface area (Å²) in [7, 11) is 0. The Kier molecular flexibility index (Phi) is 2.23. The first kappa shape index (κ1) is 9.53. The standard InChI is InChI=1S/C12H16O2/c1-12(2)8-14-11-4-3-9(5-6-13)7-10(11)12/h3-4,7,13H,5-6,8H2,1-2H3. The average molecular weight is 192 g/mol. The minimum Gasteiger partial charge on any atom is -0.492 e. The van der Waals surface area contributed by atoms with E-state index in [1.807, 2.05) is 12.1 Å². The van der Waals surface area contributed by atoms with Crippen molar-refractivity contribution in [3.8, 4) is 5.75 Å². The number of fused-ring (bicyclic) bond motifs is 1. The molecule has 1 aromatic carbocycles. The summed E-state index contributed by atoms with van der Waals surface area (Å²) in [5, 5.41) is 8.87. The Morgan fingerprint density at radius 1 is 1.43 bits per heavy atom. The van der Waals surface area contributed by atoms with Crippen LogP contribution in [0.4, 0.5) is 0 Å². The molecule has 14 heavy (non-hydrogen) atoms. The zero-order valence-corrected chi connectivity index (χ0v) is 8.71. The van der Waals surface area contributed by atoms with E-state index in [0.29, 0.717) is 0 Å². The normalized spacial score (nSPS) is 17.6. The molecule has 0 spiro atoms. The molecule has 1 aromatic rings. The maximum absolute atomic E-state index is 8.87. The highest BCUT2D eigenvalue weighted by Crippen LogP contribution is 2.38.